The summed E-state index contributed by atoms with van der Waals surface area (Å²) in [6.45, 7) is 0.946. The van der Waals surface area contributed by atoms with Crippen molar-refractivity contribution in [3.05, 3.63) is 89.2 Å². The molecule has 0 saturated heterocycles. The van der Waals surface area contributed by atoms with Gasteiger partial charge in [0.1, 0.15) is 12.4 Å². The Morgan fingerprint density at radius 1 is 1.11 bits per heavy atom. The van der Waals surface area contributed by atoms with Gasteiger partial charge in [0, 0.05) is 40.3 Å². The Morgan fingerprint density at radius 3 is 2.42 bits per heavy atom. The summed E-state index contributed by atoms with van der Waals surface area (Å²) in [7, 11) is -4.28. The molecule has 0 fully saturated rings. The lowest BCUT2D eigenvalue weighted by molar-refractivity contribution is -0.135. The fraction of sp³-hybridized carbons (Fsp3) is 0.154. The number of carbonyl (C=O) groups is 2. The summed E-state index contributed by atoms with van der Waals surface area (Å²) in [6.07, 6.45) is 1.97. The fourth-order valence-electron chi connectivity index (χ4n) is 4.11. The van der Waals surface area contributed by atoms with E-state index in [1.807, 2.05) is 12.1 Å². The number of nitrogens with two attached hydrogens (primary N) is 1. The minimum absolute atomic E-state index is 0. The normalized spacial score (nSPS) is 11.1. The smallest absolute Gasteiger partial charge is 0.324 e. The van der Waals surface area contributed by atoms with Crippen LogP contribution in [0.4, 0.5) is 5.69 Å². The topological polar surface area (TPSA) is 170 Å². The largest absolute Gasteiger partial charge is 0.480 e. The van der Waals surface area contributed by atoms with Gasteiger partial charge in [0.15, 0.2) is 10.8 Å². The maximum Gasteiger partial charge on any atom is 0.324 e. The van der Waals surface area contributed by atoms with Crippen LogP contribution in [0.5, 0.6) is 0 Å². The molecular formula is C26H26ClN5O5S. The van der Waals surface area contributed by atoms with E-state index < -0.39 is 22.5 Å². The Labute approximate surface area is 225 Å². The van der Waals surface area contributed by atoms with Crippen LogP contribution in [-0.4, -0.2) is 47.6 Å². The maximum absolute atomic E-state index is 13.3. The number of nitrogens with zero attached hydrogens (tertiary/aromatic N) is 2. The minimum Gasteiger partial charge on any atom is -0.480 e. The van der Waals surface area contributed by atoms with Crippen LogP contribution in [0.2, 0.25) is 0 Å². The van der Waals surface area contributed by atoms with Crippen LogP contribution < -0.4 is 10.0 Å². The van der Waals surface area contributed by atoms with Crippen molar-refractivity contribution < 1.29 is 23.1 Å². The number of benzene rings is 2. The van der Waals surface area contributed by atoms with E-state index >= 15 is 0 Å². The second-order valence-electron chi connectivity index (χ2n) is 8.46. The summed E-state index contributed by atoms with van der Waals surface area (Å²) in [5, 5.41) is 17.1. The van der Waals surface area contributed by atoms with Crippen LogP contribution in [-0.2, 0) is 21.2 Å². The van der Waals surface area contributed by atoms with Crippen LogP contribution >= 0.6 is 12.4 Å². The molecule has 4 aromatic rings. The highest BCUT2D eigenvalue weighted by Crippen LogP contribution is 2.31. The SMILES string of the molecule is Cc1[nH]c2ccc(N(CC(=O)O)S(=O)(=O)c3ccccn3)cc2c1C(=O)CCc1ccc(C(=N)N)cc1.Cl. The van der Waals surface area contributed by atoms with Crippen molar-refractivity contribution >= 4 is 56.6 Å². The van der Waals surface area contributed by atoms with Crippen molar-refractivity contribution in [2.24, 2.45) is 5.73 Å². The first-order valence-corrected chi connectivity index (χ1v) is 12.8. The molecule has 0 saturated carbocycles. The molecule has 0 spiro atoms. The predicted octanol–water partition coefficient (Wildman–Crippen LogP) is 3.67. The van der Waals surface area contributed by atoms with Crippen molar-refractivity contribution in [1.29, 1.82) is 5.41 Å². The van der Waals surface area contributed by atoms with Crippen LogP contribution in [0.1, 0.15) is 33.6 Å². The second-order valence-corrected chi connectivity index (χ2v) is 10.3. The van der Waals surface area contributed by atoms with Gasteiger partial charge in [0.2, 0.25) is 0 Å². The summed E-state index contributed by atoms with van der Waals surface area (Å²) in [6, 6.07) is 16.1. The first-order chi connectivity index (χ1) is 17.6. The van der Waals surface area contributed by atoms with E-state index in [1.165, 1.54) is 30.5 Å². The number of rotatable bonds is 10. The van der Waals surface area contributed by atoms with Crippen molar-refractivity contribution in [2.45, 2.75) is 24.8 Å². The number of aliphatic carboxylic acids is 1. The Balaban J connectivity index is 0.00000400. The standard InChI is InChI=1S/C26H25N5O5S.ClH/c1-16-25(22(32)12-7-17-5-8-18(9-6-17)26(27)28)20-14-19(10-11-21(20)30-16)31(15-24(33)34)37(35,36)23-4-2-3-13-29-23;/h2-6,8-11,13-14,30H,7,12,15H2,1H3,(H3,27,28)(H,33,34);1H. The molecule has 0 unspecified atom stereocenters. The Hall–Kier alpha value is -4.22. The van der Waals surface area contributed by atoms with Crippen LogP contribution in [0.15, 0.2) is 71.9 Å². The molecule has 4 rings (SSSR count). The number of carbonyl (C=O) groups excluding carboxylic acids is 1. The number of halogens is 1. The third kappa shape index (κ3) is 5.84. The molecule has 38 heavy (non-hydrogen) atoms. The Bertz CT molecular complexity index is 1600. The Morgan fingerprint density at radius 2 is 1.82 bits per heavy atom. The van der Waals surface area contributed by atoms with E-state index in [0.717, 1.165) is 9.87 Å². The van der Waals surface area contributed by atoms with E-state index in [4.69, 9.17) is 11.1 Å². The van der Waals surface area contributed by atoms with Gasteiger partial charge >= 0.3 is 5.97 Å². The molecule has 198 valence electrons. The van der Waals surface area contributed by atoms with Crippen molar-refractivity contribution in [1.82, 2.24) is 9.97 Å². The van der Waals surface area contributed by atoms with Gasteiger partial charge in [0.25, 0.3) is 10.0 Å². The maximum atomic E-state index is 13.3. The lowest BCUT2D eigenvalue weighted by atomic mass is 9.99. The van der Waals surface area contributed by atoms with Crippen LogP contribution in [0.3, 0.4) is 0 Å². The number of aromatic amines is 1. The Kier molecular flexibility index (Phi) is 8.54. The number of ketones is 1. The van der Waals surface area contributed by atoms with Gasteiger partial charge in [-0.1, -0.05) is 30.3 Å². The quantitative estimate of drug-likeness (QED) is 0.131. The lowest BCUT2D eigenvalue weighted by Gasteiger charge is -2.22. The molecule has 0 bridgehead atoms. The summed E-state index contributed by atoms with van der Waals surface area (Å²) in [5.41, 5.74) is 8.77. The molecule has 2 aromatic carbocycles. The second kappa shape index (κ2) is 11.4. The van der Waals surface area contributed by atoms with E-state index in [-0.39, 0.29) is 41.2 Å². The number of amidine groups is 1. The number of hydrogen-bond acceptors (Lipinski definition) is 6. The van der Waals surface area contributed by atoms with Crippen LogP contribution in [0, 0.1) is 12.3 Å². The molecule has 2 aromatic heterocycles. The molecule has 0 radical (unpaired) electrons. The number of nitrogens with one attached hydrogen (secondary N) is 2. The zero-order chi connectivity index (χ0) is 26.7. The number of aryl methyl sites for hydroxylation is 2. The number of carboxylic acid groups (broad SMARTS) is 1. The highest BCUT2D eigenvalue weighted by atomic mass is 35.5. The molecule has 0 amide bonds. The molecule has 5 N–H and O–H groups in total. The number of anilines is 1. The molecule has 0 atom stereocenters. The number of nitrogen functional groups attached to an aromatic ring is 1. The summed E-state index contributed by atoms with van der Waals surface area (Å²) < 4.78 is 27.3. The number of pyridine rings is 1. The van der Waals surface area contributed by atoms with Crippen molar-refractivity contribution in [2.75, 3.05) is 10.8 Å². The van der Waals surface area contributed by atoms with Gasteiger partial charge < -0.3 is 15.8 Å². The number of H-pyrrole nitrogens is 1. The highest BCUT2D eigenvalue weighted by Gasteiger charge is 2.29. The van der Waals surface area contributed by atoms with E-state index in [2.05, 4.69) is 9.97 Å². The van der Waals surface area contributed by atoms with E-state index in [1.54, 1.807) is 31.2 Å². The fourth-order valence-corrected chi connectivity index (χ4v) is 5.46. The average molecular weight is 556 g/mol. The summed E-state index contributed by atoms with van der Waals surface area (Å²) >= 11 is 0. The number of Topliss-reactive ketones (excluding diaryl/α,β-unsaturated/α-hetero) is 1. The lowest BCUT2D eigenvalue weighted by Crippen LogP contribution is -2.36. The number of aromatic nitrogens is 2. The zero-order valence-electron chi connectivity index (χ0n) is 20.3. The molecule has 0 aliphatic carbocycles. The summed E-state index contributed by atoms with van der Waals surface area (Å²) in [4.78, 5) is 31.9. The summed E-state index contributed by atoms with van der Waals surface area (Å²) in [5.74, 6) is -1.51. The van der Waals surface area contributed by atoms with Gasteiger partial charge in [-0.05, 0) is 49.2 Å². The predicted molar refractivity (Wildman–Crippen MR) is 147 cm³/mol. The molecule has 0 aliphatic rings. The highest BCUT2D eigenvalue weighted by molar-refractivity contribution is 7.92. The van der Waals surface area contributed by atoms with Gasteiger partial charge in [-0.25, -0.2) is 4.98 Å². The molecule has 0 aliphatic heterocycles. The van der Waals surface area contributed by atoms with E-state index in [0.29, 0.717) is 34.1 Å². The third-order valence-corrected chi connectivity index (χ3v) is 7.60. The number of hydrogen-bond donors (Lipinski definition) is 4. The first kappa shape index (κ1) is 28.4. The number of sulfonamides is 1. The number of carboxylic acids is 1. The van der Waals surface area contributed by atoms with Crippen molar-refractivity contribution in [3.63, 3.8) is 0 Å². The zero-order valence-corrected chi connectivity index (χ0v) is 22.0. The van der Waals surface area contributed by atoms with Gasteiger partial charge in [0.05, 0.1) is 5.69 Å². The molecule has 10 nitrogen and oxygen atoms in total. The van der Waals surface area contributed by atoms with Gasteiger partial charge in [-0.3, -0.25) is 19.3 Å². The first-order valence-electron chi connectivity index (χ1n) is 11.3. The number of fused-ring (bicyclic) bond motifs is 1. The van der Waals surface area contributed by atoms with Crippen LogP contribution in [0.25, 0.3) is 10.9 Å². The van der Waals surface area contributed by atoms with Gasteiger partial charge in [-0.15, -0.1) is 12.4 Å². The monoisotopic (exact) mass is 555 g/mol. The third-order valence-electron chi connectivity index (χ3n) is 5.91. The average Bonchev–Trinajstić information content (AvgIpc) is 3.21. The van der Waals surface area contributed by atoms with Crippen molar-refractivity contribution in [3.8, 4) is 0 Å². The molecular weight excluding hydrogens is 530 g/mol. The molecule has 2 heterocycles. The van der Waals surface area contributed by atoms with Gasteiger partial charge in [-0.2, -0.15) is 8.42 Å². The van der Waals surface area contributed by atoms with E-state index in [9.17, 15) is 23.1 Å². The molecule has 12 heteroatoms. The minimum atomic E-state index is -4.28.